The van der Waals surface area contributed by atoms with Crippen molar-refractivity contribution in [2.45, 2.75) is 45.6 Å². The van der Waals surface area contributed by atoms with Gasteiger partial charge in [-0.15, -0.1) is 6.58 Å². The lowest BCUT2D eigenvalue weighted by Crippen LogP contribution is -2.48. The second kappa shape index (κ2) is 6.20. The Morgan fingerprint density at radius 3 is 2.31 bits per heavy atom. The van der Waals surface area contributed by atoms with Crippen LogP contribution in [0.2, 0.25) is 0 Å². The van der Waals surface area contributed by atoms with Gasteiger partial charge >= 0.3 is 0 Å². The highest BCUT2D eigenvalue weighted by atomic mass is 15.3. The average molecular weight is 184 g/mol. The van der Waals surface area contributed by atoms with E-state index in [-0.39, 0.29) is 0 Å². The molecule has 1 nitrogen and oxygen atoms in total. The SMILES string of the molecule is C=CCC(CCCC)[N+](C)(C)CC. The molecule has 0 aromatic heterocycles. The summed E-state index contributed by atoms with van der Waals surface area (Å²) in [5.74, 6) is 0. The first-order chi connectivity index (χ1) is 6.08. The topological polar surface area (TPSA) is 0 Å². The first-order valence-corrected chi connectivity index (χ1v) is 5.52. The van der Waals surface area contributed by atoms with E-state index >= 15 is 0 Å². The van der Waals surface area contributed by atoms with Crippen LogP contribution in [0.15, 0.2) is 12.7 Å². The van der Waals surface area contributed by atoms with E-state index in [0.717, 1.165) is 16.9 Å². The predicted octanol–water partition coefficient (Wildman–Crippen LogP) is 3.22. The van der Waals surface area contributed by atoms with Gasteiger partial charge < -0.3 is 4.48 Å². The first kappa shape index (κ1) is 12.7. The molecular weight excluding hydrogens is 158 g/mol. The molecule has 0 aliphatic heterocycles. The van der Waals surface area contributed by atoms with Gasteiger partial charge in [-0.25, -0.2) is 0 Å². The van der Waals surface area contributed by atoms with Crippen LogP contribution in [0.3, 0.4) is 0 Å². The number of rotatable bonds is 7. The average Bonchev–Trinajstić information content (AvgIpc) is 2.12. The molecule has 0 saturated heterocycles. The number of unbranched alkanes of at least 4 members (excludes halogenated alkanes) is 1. The summed E-state index contributed by atoms with van der Waals surface area (Å²) in [6, 6.07) is 0.766. The fourth-order valence-corrected chi connectivity index (χ4v) is 1.64. The zero-order valence-corrected chi connectivity index (χ0v) is 9.84. The minimum atomic E-state index is 0.766. The molecule has 0 radical (unpaired) electrons. The number of hydrogen-bond donors (Lipinski definition) is 0. The van der Waals surface area contributed by atoms with Gasteiger partial charge in [0.1, 0.15) is 0 Å². The molecule has 0 aliphatic carbocycles. The van der Waals surface area contributed by atoms with Crippen molar-refractivity contribution in [2.24, 2.45) is 0 Å². The van der Waals surface area contributed by atoms with Crippen molar-refractivity contribution in [2.75, 3.05) is 20.6 Å². The maximum atomic E-state index is 3.85. The molecule has 1 atom stereocenters. The summed E-state index contributed by atoms with van der Waals surface area (Å²) in [7, 11) is 4.65. The second-order valence-corrected chi connectivity index (χ2v) is 4.42. The van der Waals surface area contributed by atoms with E-state index in [1.54, 1.807) is 0 Å². The predicted molar refractivity (Wildman–Crippen MR) is 60.8 cm³/mol. The molecule has 0 fully saturated rings. The molecule has 13 heavy (non-hydrogen) atoms. The van der Waals surface area contributed by atoms with E-state index in [2.05, 4.69) is 40.6 Å². The highest BCUT2D eigenvalue weighted by Gasteiger charge is 2.24. The minimum absolute atomic E-state index is 0.766. The minimum Gasteiger partial charge on any atom is -0.326 e. The van der Waals surface area contributed by atoms with E-state index in [4.69, 9.17) is 0 Å². The van der Waals surface area contributed by atoms with E-state index in [9.17, 15) is 0 Å². The molecule has 0 aromatic carbocycles. The Morgan fingerprint density at radius 2 is 1.92 bits per heavy atom. The van der Waals surface area contributed by atoms with Crippen LogP contribution >= 0.6 is 0 Å². The summed E-state index contributed by atoms with van der Waals surface area (Å²) >= 11 is 0. The number of nitrogens with zero attached hydrogens (tertiary/aromatic N) is 1. The van der Waals surface area contributed by atoms with E-state index in [0.29, 0.717) is 0 Å². The summed E-state index contributed by atoms with van der Waals surface area (Å²) in [6.45, 7) is 9.58. The van der Waals surface area contributed by atoms with Crippen LogP contribution in [0.4, 0.5) is 0 Å². The van der Waals surface area contributed by atoms with Crippen LogP contribution in [-0.4, -0.2) is 31.2 Å². The standard InChI is InChI=1S/C12H26N/c1-6-9-11-12(10-7-2)13(4,5)8-3/h7,12H,2,6,8-11H2,1,3-5H3/q+1. The summed E-state index contributed by atoms with van der Waals surface area (Å²) < 4.78 is 1.13. The largest absolute Gasteiger partial charge is 0.326 e. The third kappa shape index (κ3) is 4.47. The Kier molecular flexibility index (Phi) is 6.06. The monoisotopic (exact) mass is 184 g/mol. The van der Waals surface area contributed by atoms with Crippen LogP contribution in [0.1, 0.15) is 39.5 Å². The first-order valence-electron chi connectivity index (χ1n) is 5.52. The Morgan fingerprint density at radius 1 is 1.31 bits per heavy atom. The summed E-state index contributed by atoms with van der Waals surface area (Å²) in [5, 5.41) is 0. The molecule has 0 N–H and O–H groups in total. The van der Waals surface area contributed by atoms with Gasteiger partial charge in [0.05, 0.1) is 26.7 Å². The molecule has 1 unspecified atom stereocenters. The van der Waals surface area contributed by atoms with Crippen molar-refractivity contribution in [3.8, 4) is 0 Å². The van der Waals surface area contributed by atoms with Crippen LogP contribution in [0.5, 0.6) is 0 Å². The lowest BCUT2D eigenvalue weighted by molar-refractivity contribution is -0.913. The molecule has 0 amide bonds. The zero-order valence-electron chi connectivity index (χ0n) is 9.84. The molecule has 0 rings (SSSR count). The van der Waals surface area contributed by atoms with Crippen molar-refractivity contribution in [1.82, 2.24) is 0 Å². The number of hydrogen-bond acceptors (Lipinski definition) is 0. The van der Waals surface area contributed by atoms with Gasteiger partial charge in [-0.3, -0.25) is 0 Å². The maximum absolute atomic E-state index is 3.85. The highest BCUT2D eigenvalue weighted by molar-refractivity contribution is 4.73. The Balaban J connectivity index is 4.13. The summed E-state index contributed by atoms with van der Waals surface area (Å²) in [5.41, 5.74) is 0. The van der Waals surface area contributed by atoms with Crippen LogP contribution in [0.25, 0.3) is 0 Å². The highest BCUT2D eigenvalue weighted by Crippen LogP contribution is 2.17. The fourth-order valence-electron chi connectivity index (χ4n) is 1.64. The van der Waals surface area contributed by atoms with E-state index in [1.807, 2.05) is 0 Å². The Bertz CT molecular complexity index is 138. The van der Waals surface area contributed by atoms with E-state index in [1.165, 1.54) is 25.8 Å². The van der Waals surface area contributed by atoms with Gasteiger partial charge in [0, 0.05) is 6.42 Å². The quantitative estimate of drug-likeness (QED) is 0.421. The van der Waals surface area contributed by atoms with Crippen LogP contribution in [-0.2, 0) is 0 Å². The van der Waals surface area contributed by atoms with Gasteiger partial charge in [-0.2, -0.15) is 0 Å². The summed E-state index contributed by atoms with van der Waals surface area (Å²) in [6.07, 6.45) is 7.21. The molecule has 78 valence electrons. The van der Waals surface area contributed by atoms with Crippen molar-refractivity contribution >= 4 is 0 Å². The van der Waals surface area contributed by atoms with Crippen molar-refractivity contribution < 1.29 is 4.48 Å². The third-order valence-electron chi connectivity index (χ3n) is 3.13. The lowest BCUT2D eigenvalue weighted by Gasteiger charge is -2.37. The third-order valence-corrected chi connectivity index (χ3v) is 3.13. The molecule has 0 heterocycles. The molecule has 0 spiro atoms. The van der Waals surface area contributed by atoms with Gasteiger partial charge in [-0.1, -0.05) is 19.4 Å². The maximum Gasteiger partial charge on any atom is 0.0920 e. The zero-order chi connectivity index (χ0) is 10.3. The fraction of sp³-hybridized carbons (Fsp3) is 0.833. The second-order valence-electron chi connectivity index (χ2n) is 4.42. The van der Waals surface area contributed by atoms with Gasteiger partial charge in [0.2, 0.25) is 0 Å². The van der Waals surface area contributed by atoms with E-state index < -0.39 is 0 Å². The van der Waals surface area contributed by atoms with Gasteiger partial charge in [0.15, 0.2) is 0 Å². The Labute approximate surface area is 84.0 Å². The Hall–Kier alpha value is -0.300. The van der Waals surface area contributed by atoms with Crippen molar-refractivity contribution in [1.29, 1.82) is 0 Å². The molecule has 0 saturated carbocycles. The van der Waals surface area contributed by atoms with Crippen LogP contribution in [0, 0.1) is 0 Å². The molecule has 1 heteroatoms. The molecule has 0 aromatic rings. The summed E-state index contributed by atoms with van der Waals surface area (Å²) in [4.78, 5) is 0. The van der Waals surface area contributed by atoms with Crippen LogP contribution < -0.4 is 0 Å². The van der Waals surface area contributed by atoms with Gasteiger partial charge in [-0.05, 0) is 19.8 Å². The van der Waals surface area contributed by atoms with Gasteiger partial charge in [0.25, 0.3) is 0 Å². The number of quaternary nitrogens is 1. The molecule has 0 bridgehead atoms. The lowest BCUT2D eigenvalue weighted by atomic mass is 10.0. The van der Waals surface area contributed by atoms with Crippen molar-refractivity contribution in [3.63, 3.8) is 0 Å². The normalized spacial score (nSPS) is 14.2. The van der Waals surface area contributed by atoms with Crippen molar-refractivity contribution in [3.05, 3.63) is 12.7 Å². The molecular formula is C12H26N+. The smallest absolute Gasteiger partial charge is 0.0920 e. The molecule has 0 aliphatic rings.